The molecule has 4 nitrogen and oxygen atoms in total. The Balaban J connectivity index is 2.11. The van der Waals surface area contributed by atoms with E-state index in [-0.39, 0.29) is 0 Å². The van der Waals surface area contributed by atoms with Crippen molar-refractivity contribution in [2.24, 2.45) is 0 Å². The Bertz CT molecular complexity index is 569. The Hall–Kier alpha value is -1.49. The number of pyridine rings is 1. The molecular formula is C14H17BrN4. The van der Waals surface area contributed by atoms with Crippen molar-refractivity contribution >= 4 is 21.7 Å². The lowest BCUT2D eigenvalue weighted by molar-refractivity contribution is 0.769. The quantitative estimate of drug-likeness (QED) is 0.873. The molecule has 0 amide bonds. The van der Waals surface area contributed by atoms with Crippen molar-refractivity contribution < 1.29 is 0 Å². The molecule has 0 bridgehead atoms. The van der Waals surface area contributed by atoms with Crippen molar-refractivity contribution in [3.63, 3.8) is 0 Å². The Morgan fingerprint density at radius 1 is 1.21 bits per heavy atom. The fourth-order valence-corrected chi connectivity index (χ4v) is 2.06. The van der Waals surface area contributed by atoms with Crippen molar-refractivity contribution in [1.82, 2.24) is 15.0 Å². The van der Waals surface area contributed by atoms with E-state index in [2.05, 4.69) is 50.0 Å². The number of hydrogen-bond acceptors (Lipinski definition) is 4. The Morgan fingerprint density at radius 3 is 2.68 bits per heavy atom. The second-order valence-electron chi connectivity index (χ2n) is 4.71. The van der Waals surface area contributed by atoms with Crippen LogP contribution in [0.2, 0.25) is 0 Å². The average Bonchev–Trinajstić information content (AvgIpc) is 2.36. The van der Waals surface area contributed by atoms with E-state index >= 15 is 0 Å². The normalized spacial score (nSPS) is 10.8. The Morgan fingerprint density at radius 2 is 2.00 bits per heavy atom. The number of aryl methyl sites for hydroxylation is 1. The molecule has 0 spiro atoms. The molecule has 0 unspecified atom stereocenters. The third-order valence-electron chi connectivity index (χ3n) is 2.63. The third kappa shape index (κ3) is 3.99. The number of aromatic nitrogens is 3. The topological polar surface area (TPSA) is 50.7 Å². The van der Waals surface area contributed by atoms with Gasteiger partial charge in [-0.05, 0) is 35.0 Å². The van der Waals surface area contributed by atoms with Crippen molar-refractivity contribution in [1.29, 1.82) is 0 Å². The highest BCUT2D eigenvalue weighted by atomic mass is 79.9. The van der Waals surface area contributed by atoms with E-state index in [9.17, 15) is 0 Å². The highest BCUT2D eigenvalue weighted by molar-refractivity contribution is 9.10. The first-order chi connectivity index (χ1) is 9.04. The number of nitrogens with one attached hydrogen (secondary N) is 1. The molecule has 0 saturated carbocycles. The standard InChI is InChI=1S/C14H17BrN4/c1-9(2)14-18-12(15)7-13(19-14)16-8-11-6-4-5-10(3)17-11/h4-7,9H,8H2,1-3H3,(H,16,18,19). The van der Waals surface area contributed by atoms with Crippen LogP contribution in [-0.2, 0) is 6.54 Å². The van der Waals surface area contributed by atoms with Gasteiger partial charge in [0, 0.05) is 17.7 Å². The minimum Gasteiger partial charge on any atom is -0.364 e. The summed E-state index contributed by atoms with van der Waals surface area (Å²) in [6.07, 6.45) is 0. The summed E-state index contributed by atoms with van der Waals surface area (Å²) in [5.74, 6) is 1.94. The van der Waals surface area contributed by atoms with E-state index in [1.165, 1.54) is 0 Å². The Kier molecular flexibility index (Phi) is 4.47. The van der Waals surface area contributed by atoms with Crippen molar-refractivity contribution in [3.8, 4) is 0 Å². The van der Waals surface area contributed by atoms with Crippen LogP contribution < -0.4 is 5.32 Å². The van der Waals surface area contributed by atoms with Crippen molar-refractivity contribution in [3.05, 3.63) is 46.1 Å². The molecule has 0 saturated heterocycles. The lowest BCUT2D eigenvalue weighted by atomic mass is 10.2. The first-order valence-electron chi connectivity index (χ1n) is 6.25. The van der Waals surface area contributed by atoms with Crippen LogP contribution in [0.25, 0.3) is 0 Å². The minimum absolute atomic E-state index is 0.301. The SMILES string of the molecule is Cc1cccc(CNc2cc(Br)nc(C(C)C)n2)n1. The van der Waals surface area contributed by atoms with Gasteiger partial charge < -0.3 is 5.32 Å². The highest BCUT2D eigenvalue weighted by Gasteiger charge is 2.06. The maximum atomic E-state index is 4.49. The largest absolute Gasteiger partial charge is 0.364 e. The zero-order chi connectivity index (χ0) is 13.8. The molecule has 2 aromatic rings. The summed E-state index contributed by atoms with van der Waals surface area (Å²) in [5, 5.41) is 3.28. The minimum atomic E-state index is 0.301. The van der Waals surface area contributed by atoms with Gasteiger partial charge in [-0.1, -0.05) is 19.9 Å². The van der Waals surface area contributed by atoms with Gasteiger partial charge in [0.15, 0.2) is 0 Å². The molecular weight excluding hydrogens is 304 g/mol. The lowest BCUT2D eigenvalue weighted by Gasteiger charge is -2.09. The molecule has 0 fully saturated rings. The Labute approximate surface area is 121 Å². The van der Waals surface area contributed by atoms with Gasteiger partial charge in [-0.15, -0.1) is 0 Å². The number of anilines is 1. The lowest BCUT2D eigenvalue weighted by Crippen LogP contribution is -2.07. The number of hydrogen-bond donors (Lipinski definition) is 1. The molecule has 2 heterocycles. The van der Waals surface area contributed by atoms with Gasteiger partial charge in [0.25, 0.3) is 0 Å². The monoisotopic (exact) mass is 320 g/mol. The van der Waals surface area contributed by atoms with Crippen LogP contribution in [0.15, 0.2) is 28.9 Å². The first-order valence-corrected chi connectivity index (χ1v) is 7.05. The molecule has 0 atom stereocenters. The highest BCUT2D eigenvalue weighted by Crippen LogP contribution is 2.17. The van der Waals surface area contributed by atoms with Gasteiger partial charge in [-0.25, -0.2) is 9.97 Å². The maximum absolute atomic E-state index is 4.49. The molecule has 0 aliphatic rings. The summed E-state index contributed by atoms with van der Waals surface area (Å²) in [5.41, 5.74) is 2.02. The summed E-state index contributed by atoms with van der Waals surface area (Å²) in [6.45, 7) is 6.80. The van der Waals surface area contributed by atoms with Gasteiger partial charge in [-0.3, -0.25) is 4.98 Å². The summed E-state index contributed by atoms with van der Waals surface area (Å²) >= 11 is 3.41. The van der Waals surface area contributed by atoms with Gasteiger partial charge in [0.05, 0.1) is 12.2 Å². The van der Waals surface area contributed by atoms with E-state index in [1.807, 2.05) is 31.2 Å². The molecule has 2 rings (SSSR count). The van der Waals surface area contributed by atoms with Crippen LogP contribution in [0.5, 0.6) is 0 Å². The molecule has 0 radical (unpaired) electrons. The van der Waals surface area contributed by atoms with Crippen molar-refractivity contribution in [2.45, 2.75) is 33.2 Å². The summed E-state index contributed by atoms with van der Waals surface area (Å²) < 4.78 is 0.797. The molecule has 19 heavy (non-hydrogen) atoms. The van der Waals surface area contributed by atoms with Crippen LogP contribution in [0.4, 0.5) is 5.82 Å². The summed E-state index contributed by atoms with van der Waals surface area (Å²) in [4.78, 5) is 13.3. The van der Waals surface area contributed by atoms with E-state index < -0.39 is 0 Å². The van der Waals surface area contributed by atoms with Crippen molar-refractivity contribution in [2.75, 3.05) is 5.32 Å². The maximum Gasteiger partial charge on any atom is 0.134 e. The van der Waals surface area contributed by atoms with Gasteiger partial charge >= 0.3 is 0 Å². The van der Waals surface area contributed by atoms with Crippen LogP contribution in [0.3, 0.4) is 0 Å². The van der Waals surface area contributed by atoms with Crippen LogP contribution >= 0.6 is 15.9 Å². The van der Waals surface area contributed by atoms with E-state index in [1.54, 1.807) is 0 Å². The van der Waals surface area contributed by atoms with Crippen LogP contribution in [-0.4, -0.2) is 15.0 Å². The van der Waals surface area contributed by atoms with Gasteiger partial charge in [0.2, 0.25) is 0 Å². The predicted molar refractivity (Wildman–Crippen MR) is 80.1 cm³/mol. The van der Waals surface area contributed by atoms with E-state index in [0.29, 0.717) is 12.5 Å². The second-order valence-corrected chi connectivity index (χ2v) is 5.53. The average molecular weight is 321 g/mol. The fourth-order valence-electron chi connectivity index (χ4n) is 1.66. The molecule has 0 aliphatic heterocycles. The summed E-state index contributed by atoms with van der Waals surface area (Å²) in [7, 11) is 0. The number of rotatable bonds is 4. The fraction of sp³-hybridized carbons (Fsp3) is 0.357. The molecule has 0 aromatic carbocycles. The molecule has 2 aromatic heterocycles. The number of halogens is 1. The predicted octanol–water partition coefficient (Wildman–Crippen LogP) is 3.68. The van der Waals surface area contributed by atoms with Crippen LogP contribution in [0.1, 0.15) is 37.0 Å². The molecule has 5 heteroatoms. The second kappa shape index (κ2) is 6.10. The van der Waals surface area contributed by atoms with E-state index in [4.69, 9.17) is 0 Å². The molecule has 0 aliphatic carbocycles. The number of nitrogens with zero attached hydrogens (tertiary/aromatic N) is 3. The first kappa shape index (κ1) is 13.9. The molecule has 100 valence electrons. The zero-order valence-electron chi connectivity index (χ0n) is 11.3. The van der Waals surface area contributed by atoms with Crippen LogP contribution in [0, 0.1) is 6.92 Å². The smallest absolute Gasteiger partial charge is 0.134 e. The summed E-state index contributed by atoms with van der Waals surface area (Å²) in [6, 6.07) is 7.87. The van der Waals surface area contributed by atoms with Gasteiger partial charge in [-0.2, -0.15) is 0 Å². The van der Waals surface area contributed by atoms with E-state index in [0.717, 1.165) is 27.6 Å². The molecule has 1 N–H and O–H groups in total. The third-order valence-corrected chi connectivity index (χ3v) is 3.03. The zero-order valence-corrected chi connectivity index (χ0v) is 12.9. The van der Waals surface area contributed by atoms with Gasteiger partial charge in [0.1, 0.15) is 16.2 Å².